The van der Waals surface area contributed by atoms with E-state index in [4.69, 9.17) is 0 Å². The number of fused-ring (bicyclic) bond motifs is 1. The third-order valence-corrected chi connectivity index (χ3v) is 3.94. The number of halogens is 3. The Morgan fingerprint density at radius 2 is 1.89 bits per heavy atom. The Balaban J connectivity index is 1.84. The molecule has 4 heteroatoms. The minimum absolute atomic E-state index is 0.160. The Morgan fingerprint density at radius 3 is 2.68 bits per heavy atom. The van der Waals surface area contributed by atoms with Crippen molar-refractivity contribution < 1.29 is 8.78 Å². The summed E-state index contributed by atoms with van der Waals surface area (Å²) in [6.45, 7) is 0. The molecule has 0 saturated carbocycles. The summed E-state index contributed by atoms with van der Waals surface area (Å²) in [7, 11) is 0. The fraction of sp³-hybridized carbons (Fsp3) is 0.200. The smallest absolute Gasteiger partial charge is 0.160 e. The molecule has 0 saturated heterocycles. The highest BCUT2D eigenvalue weighted by Crippen LogP contribution is 2.35. The molecule has 3 rings (SSSR count). The number of nitrogens with one attached hydrogen (secondary N) is 1. The lowest BCUT2D eigenvalue weighted by molar-refractivity contribution is 0.509. The molecule has 0 spiro atoms. The first kappa shape index (κ1) is 12.6. The predicted molar refractivity (Wildman–Crippen MR) is 75.2 cm³/mol. The lowest BCUT2D eigenvalue weighted by atomic mass is 10.1. The normalized spacial score (nSPS) is 17.3. The first-order chi connectivity index (χ1) is 9.13. The molecule has 98 valence electrons. The van der Waals surface area contributed by atoms with Gasteiger partial charge in [-0.05, 0) is 48.2 Å². The molecule has 2 aromatic rings. The third kappa shape index (κ3) is 2.50. The number of aryl methyl sites for hydroxylation is 1. The standard InChI is InChI=1S/C15H12BrF2N/c16-10-2-4-12-9(7-10)1-6-15(12)19-11-3-5-13(17)14(18)8-11/h2-5,7-8,15,19H,1,6H2. The van der Waals surface area contributed by atoms with Gasteiger partial charge in [-0.25, -0.2) is 8.78 Å². The molecule has 0 amide bonds. The number of hydrogen-bond donors (Lipinski definition) is 1. The maximum atomic E-state index is 13.2. The monoisotopic (exact) mass is 323 g/mol. The number of hydrogen-bond acceptors (Lipinski definition) is 1. The van der Waals surface area contributed by atoms with E-state index in [1.807, 2.05) is 6.07 Å². The van der Waals surface area contributed by atoms with Crippen LogP contribution in [0.15, 0.2) is 40.9 Å². The van der Waals surface area contributed by atoms with E-state index in [9.17, 15) is 8.78 Å². The summed E-state index contributed by atoms with van der Waals surface area (Å²) in [5.74, 6) is -1.64. The molecule has 19 heavy (non-hydrogen) atoms. The first-order valence-electron chi connectivity index (χ1n) is 6.13. The Hall–Kier alpha value is -1.42. The molecule has 0 fully saturated rings. The van der Waals surface area contributed by atoms with Crippen molar-refractivity contribution in [1.29, 1.82) is 0 Å². The topological polar surface area (TPSA) is 12.0 Å². The van der Waals surface area contributed by atoms with Gasteiger partial charge >= 0.3 is 0 Å². The second-order valence-corrected chi connectivity index (χ2v) is 5.62. The van der Waals surface area contributed by atoms with Crippen LogP contribution < -0.4 is 5.32 Å². The average Bonchev–Trinajstić information content (AvgIpc) is 2.76. The molecule has 1 unspecified atom stereocenters. The van der Waals surface area contributed by atoms with E-state index in [1.54, 1.807) is 6.07 Å². The Morgan fingerprint density at radius 1 is 1.05 bits per heavy atom. The summed E-state index contributed by atoms with van der Waals surface area (Å²) in [4.78, 5) is 0. The van der Waals surface area contributed by atoms with Gasteiger partial charge in [0.2, 0.25) is 0 Å². The zero-order chi connectivity index (χ0) is 13.4. The summed E-state index contributed by atoms with van der Waals surface area (Å²) in [5.41, 5.74) is 3.14. The van der Waals surface area contributed by atoms with E-state index in [0.717, 1.165) is 23.4 Å². The average molecular weight is 324 g/mol. The first-order valence-corrected chi connectivity index (χ1v) is 6.93. The van der Waals surface area contributed by atoms with Crippen molar-refractivity contribution >= 4 is 21.6 Å². The third-order valence-electron chi connectivity index (χ3n) is 3.44. The van der Waals surface area contributed by atoms with Crippen LogP contribution in [0.3, 0.4) is 0 Å². The molecule has 1 nitrogen and oxygen atoms in total. The summed E-state index contributed by atoms with van der Waals surface area (Å²) in [5, 5.41) is 3.26. The summed E-state index contributed by atoms with van der Waals surface area (Å²) in [6, 6.07) is 10.3. The van der Waals surface area contributed by atoms with Crippen LogP contribution in [0.4, 0.5) is 14.5 Å². The Bertz CT molecular complexity index is 628. The second-order valence-electron chi connectivity index (χ2n) is 4.71. The van der Waals surface area contributed by atoms with Gasteiger partial charge in [-0.2, -0.15) is 0 Å². The van der Waals surface area contributed by atoms with E-state index in [2.05, 4.69) is 33.4 Å². The van der Waals surface area contributed by atoms with Crippen LogP contribution in [0.1, 0.15) is 23.6 Å². The van der Waals surface area contributed by atoms with Gasteiger partial charge in [-0.1, -0.05) is 22.0 Å². The van der Waals surface area contributed by atoms with Gasteiger partial charge in [0.1, 0.15) is 0 Å². The van der Waals surface area contributed by atoms with Crippen LogP contribution in [-0.4, -0.2) is 0 Å². The molecule has 0 bridgehead atoms. The fourth-order valence-electron chi connectivity index (χ4n) is 2.52. The van der Waals surface area contributed by atoms with Gasteiger partial charge in [0.25, 0.3) is 0 Å². The zero-order valence-electron chi connectivity index (χ0n) is 10.1. The van der Waals surface area contributed by atoms with Gasteiger partial charge in [0.05, 0.1) is 6.04 Å². The molecule has 0 aromatic heterocycles. The fourth-order valence-corrected chi connectivity index (χ4v) is 2.93. The van der Waals surface area contributed by atoms with Crippen molar-refractivity contribution in [2.24, 2.45) is 0 Å². The minimum atomic E-state index is -0.820. The van der Waals surface area contributed by atoms with Gasteiger partial charge in [-0.3, -0.25) is 0 Å². The van der Waals surface area contributed by atoms with Gasteiger partial charge in [-0.15, -0.1) is 0 Å². The Labute approximate surface area is 118 Å². The second kappa shape index (κ2) is 4.93. The molecular formula is C15H12BrF2N. The number of rotatable bonds is 2. The van der Waals surface area contributed by atoms with E-state index in [-0.39, 0.29) is 6.04 Å². The highest BCUT2D eigenvalue weighted by Gasteiger charge is 2.22. The molecule has 1 atom stereocenters. The quantitative estimate of drug-likeness (QED) is 0.834. The largest absolute Gasteiger partial charge is 0.378 e. The summed E-state index contributed by atoms with van der Waals surface area (Å²) >= 11 is 3.46. The van der Waals surface area contributed by atoms with Crippen LogP contribution >= 0.6 is 15.9 Å². The van der Waals surface area contributed by atoms with Crippen LogP contribution in [-0.2, 0) is 6.42 Å². The van der Waals surface area contributed by atoms with E-state index >= 15 is 0 Å². The SMILES string of the molecule is Fc1ccc(NC2CCc3cc(Br)ccc32)cc1F. The predicted octanol–water partition coefficient (Wildman–Crippen LogP) is 4.83. The van der Waals surface area contributed by atoms with Crippen molar-refractivity contribution in [3.05, 3.63) is 63.6 Å². The van der Waals surface area contributed by atoms with E-state index in [1.165, 1.54) is 17.2 Å². The van der Waals surface area contributed by atoms with Crippen molar-refractivity contribution in [3.8, 4) is 0 Å². The highest BCUT2D eigenvalue weighted by molar-refractivity contribution is 9.10. The van der Waals surface area contributed by atoms with E-state index < -0.39 is 11.6 Å². The van der Waals surface area contributed by atoms with Crippen molar-refractivity contribution in [2.75, 3.05) is 5.32 Å². The molecular weight excluding hydrogens is 312 g/mol. The van der Waals surface area contributed by atoms with Crippen molar-refractivity contribution in [2.45, 2.75) is 18.9 Å². The van der Waals surface area contributed by atoms with Crippen LogP contribution in [0.5, 0.6) is 0 Å². The van der Waals surface area contributed by atoms with Gasteiger partial charge in [0, 0.05) is 16.2 Å². The van der Waals surface area contributed by atoms with Crippen molar-refractivity contribution in [3.63, 3.8) is 0 Å². The number of anilines is 1. The molecule has 1 N–H and O–H groups in total. The van der Waals surface area contributed by atoms with Gasteiger partial charge in [0.15, 0.2) is 11.6 Å². The maximum absolute atomic E-state index is 13.2. The minimum Gasteiger partial charge on any atom is -0.378 e. The molecule has 0 radical (unpaired) electrons. The zero-order valence-corrected chi connectivity index (χ0v) is 11.7. The molecule has 1 aliphatic carbocycles. The lowest BCUT2D eigenvalue weighted by Crippen LogP contribution is -2.07. The van der Waals surface area contributed by atoms with Crippen LogP contribution in [0, 0.1) is 11.6 Å². The molecule has 0 heterocycles. The van der Waals surface area contributed by atoms with E-state index in [0.29, 0.717) is 5.69 Å². The molecule has 1 aliphatic rings. The number of benzene rings is 2. The Kier molecular flexibility index (Phi) is 3.27. The maximum Gasteiger partial charge on any atom is 0.160 e. The molecule has 0 aliphatic heterocycles. The van der Waals surface area contributed by atoms with Gasteiger partial charge < -0.3 is 5.32 Å². The lowest BCUT2D eigenvalue weighted by Gasteiger charge is -2.15. The highest BCUT2D eigenvalue weighted by atomic mass is 79.9. The summed E-state index contributed by atoms with van der Waals surface area (Å²) in [6.07, 6.45) is 1.96. The molecule has 2 aromatic carbocycles. The summed E-state index contributed by atoms with van der Waals surface area (Å²) < 4.78 is 27.1. The van der Waals surface area contributed by atoms with Crippen LogP contribution in [0.2, 0.25) is 0 Å². The van der Waals surface area contributed by atoms with Crippen LogP contribution in [0.25, 0.3) is 0 Å². The van der Waals surface area contributed by atoms with Crippen molar-refractivity contribution in [1.82, 2.24) is 0 Å².